The van der Waals surface area contributed by atoms with Gasteiger partial charge in [0.15, 0.2) is 0 Å². The van der Waals surface area contributed by atoms with Gasteiger partial charge in [-0.05, 0) is 37.0 Å². The van der Waals surface area contributed by atoms with Crippen LogP contribution >= 0.6 is 0 Å². The summed E-state index contributed by atoms with van der Waals surface area (Å²) < 4.78 is 0. The molecule has 0 heterocycles. The number of nitrogens with zero attached hydrogens (tertiary/aromatic N) is 1. The van der Waals surface area contributed by atoms with Gasteiger partial charge in [-0.1, -0.05) is 25.0 Å². The van der Waals surface area contributed by atoms with Gasteiger partial charge in [-0.25, -0.2) is 0 Å². The van der Waals surface area contributed by atoms with Gasteiger partial charge < -0.3 is 5.73 Å². The molecular formula is C13H16N2. The number of benzene rings is 1. The summed E-state index contributed by atoms with van der Waals surface area (Å²) in [7, 11) is 0. The van der Waals surface area contributed by atoms with Crippen molar-refractivity contribution in [2.24, 2.45) is 11.7 Å². The van der Waals surface area contributed by atoms with Crippen LogP contribution in [0.15, 0.2) is 24.3 Å². The van der Waals surface area contributed by atoms with E-state index < -0.39 is 0 Å². The Morgan fingerprint density at radius 3 is 2.47 bits per heavy atom. The van der Waals surface area contributed by atoms with Crippen molar-refractivity contribution in [1.29, 1.82) is 5.26 Å². The van der Waals surface area contributed by atoms with Crippen LogP contribution in [-0.2, 0) is 5.54 Å². The molecular weight excluding hydrogens is 184 g/mol. The summed E-state index contributed by atoms with van der Waals surface area (Å²) in [4.78, 5) is 0. The highest BCUT2D eigenvalue weighted by Crippen LogP contribution is 2.39. The van der Waals surface area contributed by atoms with Crippen LogP contribution in [-0.4, -0.2) is 0 Å². The molecule has 2 heteroatoms. The van der Waals surface area contributed by atoms with Gasteiger partial charge in [-0.3, -0.25) is 0 Å². The van der Waals surface area contributed by atoms with Crippen molar-refractivity contribution in [2.45, 2.75) is 31.7 Å². The molecule has 0 aromatic heterocycles. The minimum Gasteiger partial charge on any atom is -0.322 e. The van der Waals surface area contributed by atoms with Gasteiger partial charge in [0.05, 0.1) is 11.6 Å². The molecule has 0 radical (unpaired) electrons. The fourth-order valence-electron chi connectivity index (χ4n) is 1.97. The average molecular weight is 200 g/mol. The van der Waals surface area contributed by atoms with E-state index in [1.54, 1.807) is 0 Å². The Morgan fingerprint density at radius 2 is 2.00 bits per heavy atom. The number of hydrogen-bond donors (Lipinski definition) is 1. The topological polar surface area (TPSA) is 49.8 Å². The summed E-state index contributed by atoms with van der Waals surface area (Å²) >= 11 is 0. The molecule has 1 fully saturated rings. The van der Waals surface area contributed by atoms with Crippen molar-refractivity contribution < 1.29 is 0 Å². The van der Waals surface area contributed by atoms with Crippen molar-refractivity contribution in [1.82, 2.24) is 0 Å². The molecule has 2 rings (SSSR count). The Morgan fingerprint density at radius 1 is 1.40 bits per heavy atom. The van der Waals surface area contributed by atoms with E-state index >= 15 is 0 Å². The van der Waals surface area contributed by atoms with E-state index in [-0.39, 0.29) is 5.54 Å². The van der Waals surface area contributed by atoms with Crippen molar-refractivity contribution in [2.75, 3.05) is 0 Å². The number of nitriles is 1. The fourth-order valence-corrected chi connectivity index (χ4v) is 1.97. The molecule has 2 nitrogen and oxygen atoms in total. The Kier molecular flexibility index (Phi) is 2.50. The maximum atomic E-state index is 8.71. The zero-order chi connectivity index (χ0) is 10.9. The second kappa shape index (κ2) is 3.67. The third-order valence-corrected chi connectivity index (χ3v) is 3.08. The van der Waals surface area contributed by atoms with Crippen LogP contribution in [0.2, 0.25) is 0 Å². The maximum Gasteiger partial charge on any atom is 0.0991 e. The van der Waals surface area contributed by atoms with Crippen LogP contribution in [0.5, 0.6) is 0 Å². The Bertz CT molecular complexity index is 380. The Balaban J connectivity index is 2.16. The lowest BCUT2D eigenvalue weighted by Gasteiger charge is -2.25. The molecule has 78 valence electrons. The van der Waals surface area contributed by atoms with Crippen molar-refractivity contribution >= 4 is 0 Å². The summed E-state index contributed by atoms with van der Waals surface area (Å²) in [6.45, 7) is 2.08. The quantitative estimate of drug-likeness (QED) is 0.815. The molecule has 0 bridgehead atoms. The number of rotatable bonds is 3. The lowest BCUT2D eigenvalue weighted by molar-refractivity contribution is 0.424. The first-order valence-electron chi connectivity index (χ1n) is 5.41. The molecule has 1 saturated carbocycles. The predicted molar refractivity (Wildman–Crippen MR) is 60.0 cm³/mol. The molecule has 1 unspecified atom stereocenters. The molecule has 0 aliphatic heterocycles. The second-order valence-corrected chi connectivity index (χ2v) is 4.75. The fraction of sp³-hybridized carbons (Fsp3) is 0.462. The minimum atomic E-state index is -0.241. The van der Waals surface area contributed by atoms with Crippen molar-refractivity contribution in [3.8, 4) is 6.07 Å². The Hall–Kier alpha value is -1.33. The molecule has 1 atom stereocenters. The van der Waals surface area contributed by atoms with Crippen LogP contribution in [0, 0.1) is 17.2 Å². The molecule has 1 aliphatic carbocycles. The van der Waals surface area contributed by atoms with Crippen LogP contribution in [0.3, 0.4) is 0 Å². The molecule has 15 heavy (non-hydrogen) atoms. The molecule has 0 amide bonds. The smallest absolute Gasteiger partial charge is 0.0991 e. The normalized spacial score (nSPS) is 19.3. The van der Waals surface area contributed by atoms with Gasteiger partial charge in [0, 0.05) is 5.54 Å². The highest BCUT2D eigenvalue weighted by atomic mass is 14.7. The monoisotopic (exact) mass is 200 g/mol. The van der Waals surface area contributed by atoms with Gasteiger partial charge in [0.25, 0.3) is 0 Å². The molecule has 0 saturated heterocycles. The maximum absolute atomic E-state index is 8.71. The van der Waals surface area contributed by atoms with E-state index in [1.165, 1.54) is 12.8 Å². The zero-order valence-electron chi connectivity index (χ0n) is 9.03. The summed E-state index contributed by atoms with van der Waals surface area (Å²) in [6, 6.07) is 9.75. The summed E-state index contributed by atoms with van der Waals surface area (Å²) in [6.07, 6.45) is 3.70. The zero-order valence-corrected chi connectivity index (χ0v) is 9.03. The van der Waals surface area contributed by atoms with Crippen LogP contribution < -0.4 is 5.73 Å². The third kappa shape index (κ3) is 2.37. The highest BCUT2D eigenvalue weighted by Gasteiger charge is 2.31. The van der Waals surface area contributed by atoms with E-state index in [9.17, 15) is 0 Å². The van der Waals surface area contributed by atoms with Crippen molar-refractivity contribution in [3.63, 3.8) is 0 Å². The van der Waals surface area contributed by atoms with Crippen LogP contribution in [0.1, 0.15) is 37.3 Å². The summed E-state index contributed by atoms with van der Waals surface area (Å²) in [5.41, 5.74) is 7.87. The van der Waals surface area contributed by atoms with E-state index in [2.05, 4.69) is 13.0 Å². The van der Waals surface area contributed by atoms with E-state index in [0.29, 0.717) is 5.56 Å². The lowest BCUT2D eigenvalue weighted by atomic mass is 9.87. The average Bonchev–Trinajstić information content (AvgIpc) is 3.01. The van der Waals surface area contributed by atoms with Gasteiger partial charge in [0.2, 0.25) is 0 Å². The number of hydrogen-bond acceptors (Lipinski definition) is 2. The SMILES string of the molecule is CC(N)(CC1CC1)c1ccc(C#N)cc1. The standard InChI is InChI=1S/C13H16N2/c1-13(15,8-10-2-3-10)12-6-4-11(9-14)5-7-12/h4-7,10H,2-3,8,15H2,1H3. The molecule has 1 aromatic carbocycles. The largest absolute Gasteiger partial charge is 0.322 e. The van der Waals surface area contributed by atoms with E-state index in [1.807, 2.05) is 24.3 Å². The predicted octanol–water partition coefficient (Wildman–Crippen LogP) is 2.53. The first-order valence-corrected chi connectivity index (χ1v) is 5.41. The first kappa shape index (κ1) is 10.2. The van der Waals surface area contributed by atoms with E-state index in [4.69, 9.17) is 11.0 Å². The van der Waals surface area contributed by atoms with Gasteiger partial charge in [-0.2, -0.15) is 5.26 Å². The van der Waals surface area contributed by atoms with Gasteiger partial charge >= 0.3 is 0 Å². The molecule has 0 spiro atoms. The minimum absolute atomic E-state index is 0.241. The molecule has 2 N–H and O–H groups in total. The van der Waals surface area contributed by atoms with Gasteiger partial charge in [-0.15, -0.1) is 0 Å². The van der Waals surface area contributed by atoms with Crippen molar-refractivity contribution in [3.05, 3.63) is 35.4 Å². The van der Waals surface area contributed by atoms with Gasteiger partial charge in [0.1, 0.15) is 0 Å². The summed E-state index contributed by atoms with van der Waals surface area (Å²) in [5, 5.41) is 8.71. The Labute approximate surface area is 90.7 Å². The van der Waals surface area contributed by atoms with Crippen LogP contribution in [0.4, 0.5) is 0 Å². The van der Waals surface area contributed by atoms with E-state index in [0.717, 1.165) is 17.9 Å². The third-order valence-electron chi connectivity index (χ3n) is 3.08. The molecule has 1 aliphatic rings. The lowest BCUT2D eigenvalue weighted by Crippen LogP contribution is -2.33. The second-order valence-electron chi connectivity index (χ2n) is 4.75. The highest BCUT2D eigenvalue weighted by molar-refractivity contribution is 5.34. The van der Waals surface area contributed by atoms with Crippen LogP contribution in [0.25, 0.3) is 0 Å². The number of nitrogens with two attached hydrogens (primary N) is 1. The molecule has 1 aromatic rings. The summed E-state index contributed by atoms with van der Waals surface area (Å²) in [5.74, 6) is 0.815. The first-order chi connectivity index (χ1) is 7.12.